The third-order valence-corrected chi connectivity index (χ3v) is 5.87. The number of carbonyl (C=O) groups is 2. The fourth-order valence-corrected chi connectivity index (χ4v) is 4.40. The fourth-order valence-electron chi connectivity index (χ4n) is 2.78. The molecule has 11 heteroatoms. The zero-order valence-electron chi connectivity index (χ0n) is 16.8. The minimum Gasteiger partial charge on any atom is -0.494 e. The Bertz CT molecular complexity index is 1260. The number of thiazole rings is 2. The van der Waals surface area contributed by atoms with Crippen molar-refractivity contribution in [3.05, 3.63) is 59.4 Å². The molecule has 0 bridgehead atoms. The van der Waals surface area contributed by atoms with Crippen LogP contribution in [0.2, 0.25) is 0 Å². The molecule has 0 unspecified atom stereocenters. The Morgan fingerprint density at radius 2 is 1.84 bits per heavy atom. The average molecular weight is 472 g/mol. The second-order valence-electron chi connectivity index (χ2n) is 6.54. The third-order valence-electron chi connectivity index (χ3n) is 4.13. The van der Waals surface area contributed by atoms with E-state index in [1.807, 2.05) is 25.1 Å². The van der Waals surface area contributed by atoms with E-state index in [2.05, 4.69) is 25.9 Å². The molecule has 0 aliphatic heterocycles. The van der Waals surface area contributed by atoms with E-state index in [1.165, 1.54) is 46.9 Å². The number of anilines is 3. The Morgan fingerprint density at radius 3 is 2.62 bits per heavy atom. The van der Waals surface area contributed by atoms with Gasteiger partial charge in [-0.3, -0.25) is 10.1 Å². The van der Waals surface area contributed by atoms with Crippen LogP contribution in [0.25, 0.3) is 10.2 Å². The maximum absolute atomic E-state index is 12.9. The van der Waals surface area contributed by atoms with Crippen LogP contribution in [0.5, 0.6) is 5.75 Å². The summed E-state index contributed by atoms with van der Waals surface area (Å²) in [5, 5.41) is 10.5. The number of urea groups is 1. The molecule has 0 aliphatic rings. The number of aromatic nitrogens is 2. The second kappa shape index (κ2) is 9.71. The van der Waals surface area contributed by atoms with Gasteiger partial charge < -0.3 is 15.4 Å². The van der Waals surface area contributed by atoms with E-state index in [0.29, 0.717) is 28.3 Å². The topological polar surface area (TPSA) is 105 Å². The molecule has 0 atom stereocenters. The predicted octanol–water partition coefficient (Wildman–Crippen LogP) is 5.12. The average Bonchev–Trinajstić information content (AvgIpc) is 3.35. The Morgan fingerprint density at radius 1 is 1.03 bits per heavy atom. The Hall–Kier alpha value is -3.57. The number of fused-ring (bicyclic) bond motifs is 1. The molecule has 2 aromatic heterocycles. The minimum absolute atomic E-state index is 0.0396. The maximum atomic E-state index is 12.9. The summed E-state index contributed by atoms with van der Waals surface area (Å²) >= 11 is 2.56. The van der Waals surface area contributed by atoms with Crippen molar-refractivity contribution in [3.8, 4) is 5.75 Å². The van der Waals surface area contributed by atoms with Crippen molar-refractivity contribution >= 4 is 60.8 Å². The highest BCUT2D eigenvalue weighted by Gasteiger charge is 2.13. The van der Waals surface area contributed by atoms with Crippen molar-refractivity contribution in [2.75, 3.05) is 22.6 Å². The first-order chi connectivity index (χ1) is 15.5. The van der Waals surface area contributed by atoms with Crippen LogP contribution in [0, 0.1) is 5.82 Å². The summed E-state index contributed by atoms with van der Waals surface area (Å²) in [5.41, 5.74) is 1.75. The van der Waals surface area contributed by atoms with Gasteiger partial charge in [0.2, 0.25) is 5.91 Å². The van der Waals surface area contributed by atoms with Gasteiger partial charge in [0.15, 0.2) is 10.3 Å². The van der Waals surface area contributed by atoms with Gasteiger partial charge in [-0.25, -0.2) is 19.2 Å². The van der Waals surface area contributed by atoms with Crippen LogP contribution in [0.4, 0.5) is 25.1 Å². The van der Waals surface area contributed by atoms with Crippen LogP contribution in [0.1, 0.15) is 12.6 Å². The molecular formula is C21H18FN5O3S2. The van der Waals surface area contributed by atoms with Gasteiger partial charge in [0.25, 0.3) is 0 Å². The maximum Gasteiger partial charge on any atom is 0.325 e. The molecule has 0 radical (unpaired) electrons. The highest BCUT2D eigenvalue weighted by Crippen LogP contribution is 2.29. The van der Waals surface area contributed by atoms with E-state index in [4.69, 9.17) is 4.74 Å². The normalized spacial score (nSPS) is 10.7. The van der Waals surface area contributed by atoms with Crippen LogP contribution >= 0.6 is 22.7 Å². The molecule has 4 aromatic rings. The van der Waals surface area contributed by atoms with Crippen molar-refractivity contribution in [2.24, 2.45) is 0 Å². The van der Waals surface area contributed by atoms with Crippen LogP contribution < -0.4 is 20.7 Å². The SMILES string of the molecule is CCOc1ccc2nc(NC(=O)Cc3csc(NC(=O)Nc4ccc(F)cc4)n3)sc2c1. The quantitative estimate of drug-likeness (QED) is 0.347. The molecule has 0 spiro atoms. The largest absolute Gasteiger partial charge is 0.494 e. The molecule has 0 aliphatic carbocycles. The van der Waals surface area contributed by atoms with Gasteiger partial charge in [0, 0.05) is 11.1 Å². The molecule has 0 fully saturated rings. The molecule has 164 valence electrons. The Labute approximate surface area is 190 Å². The molecule has 3 N–H and O–H groups in total. The van der Waals surface area contributed by atoms with Gasteiger partial charge in [-0.1, -0.05) is 11.3 Å². The molecule has 3 amide bonds. The molecule has 8 nitrogen and oxygen atoms in total. The summed E-state index contributed by atoms with van der Waals surface area (Å²) in [6, 6.07) is 10.5. The number of carbonyl (C=O) groups excluding carboxylic acids is 2. The predicted molar refractivity (Wildman–Crippen MR) is 124 cm³/mol. The summed E-state index contributed by atoms with van der Waals surface area (Å²) in [5.74, 6) is 0.106. The van der Waals surface area contributed by atoms with E-state index >= 15 is 0 Å². The first-order valence-corrected chi connectivity index (χ1v) is 11.3. The summed E-state index contributed by atoms with van der Waals surface area (Å²) in [6.45, 7) is 2.49. The number of benzene rings is 2. The van der Waals surface area contributed by atoms with E-state index in [0.717, 1.165) is 16.0 Å². The molecular weight excluding hydrogens is 453 g/mol. The van der Waals surface area contributed by atoms with E-state index in [-0.39, 0.29) is 18.1 Å². The van der Waals surface area contributed by atoms with Crippen LogP contribution in [0.3, 0.4) is 0 Å². The monoisotopic (exact) mass is 471 g/mol. The highest BCUT2D eigenvalue weighted by molar-refractivity contribution is 7.22. The van der Waals surface area contributed by atoms with Crippen molar-refractivity contribution < 1.29 is 18.7 Å². The van der Waals surface area contributed by atoms with Crippen molar-refractivity contribution in [2.45, 2.75) is 13.3 Å². The van der Waals surface area contributed by atoms with E-state index in [1.54, 1.807) is 5.38 Å². The fraction of sp³-hybridized carbons (Fsp3) is 0.143. The first-order valence-electron chi connectivity index (χ1n) is 9.59. The van der Waals surface area contributed by atoms with Crippen molar-refractivity contribution in [1.29, 1.82) is 0 Å². The molecule has 32 heavy (non-hydrogen) atoms. The van der Waals surface area contributed by atoms with Crippen molar-refractivity contribution in [3.63, 3.8) is 0 Å². The van der Waals surface area contributed by atoms with Crippen LogP contribution in [-0.4, -0.2) is 28.5 Å². The molecule has 0 saturated carbocycles. The third kappa shape index (κ3) is 5.56. The number of amides is 3. The molecule has 2 heterocycles. The van der Waals surface area contributed by atoms with Gasteiger partial charge in [-0.15, -0.1) is 11.3 Å². The lowest BCUT2D eigenvalue weighted by Gasteiger charge is -2.05. The molecule has 0 saturated heterocycles. The zero-order chi connectivity index (χ0) is 22.5. The Kier molecular flexibility index (Phi) is 6.57. The van der Waals surface area contributed by atoms with E-state index < -0.39 is 6.03 Å². The number of halogens is 1. The standard InChI is InChI=1S/C21H18FN5O3S2/c1-2-30-15-7-8-16-17(10-15)32-21(25-16)26-18(28)9-14-11-31-20(24-14)27-19(29)23-13-5-3-12(22)4-6-13/h3-8,10-11H,2,9H2,1H3,(H,25,26,28)(H2,23,24,27,29). The van der Waals surface area contributed by atoms with Gasteiger partial charge in [-0.05, 0) is 49.4 Å². The van der Waals surface area contributed by atoms with Crippen LogP contribution in [-0.2, 0) is 11.2 Å². The lowest BCUT2D eigenvalue weighted by atomic mass is 10.3. The number of nitrogens with one attached hydrogen (secondary N) is 3. The van der Waals surface area contributed by atoms with Gasteiger partial charge in [0.1, 0.15) is 11.6 Å². The first kappa shape index (κ1) is 21.7. The number of ether oxygens (including phenoxy) is 1. The summed E-state index contributed by atoms with van der Waals surface area (Å²) in [4.78, 5) is 33.1. The smallest absolute Gasteiger partial charge is 0.325 e. The summed E-state index contributed by atoms with van der Waals surface area (Å²) in [6.07, 6.45) is 0.0396. The van der Waals surface area contributed by atoms with Gasteiger partial charge in [0.05, 0.1) is 28.9 Å². The Balaban J connectivity index is 1.31. The van der Waals surface area contributed by atoms with Crippen LogP contribution in [0.15, 0.2) is 47.8 Å². The second-order valence-corrected chi connectivity index (χ2v) is 8.43. The lowest BCUT2D eigenvalue weighted by Crippen LogP contribution is -2.19. The number of rotatable bonds is 7. The zero-order valence-corrected chi connectivity index (χ0v) is 18.5. The minimum atomic E-state index is -0.511. The number of nitrogens with zero attached hydrogens (tertiary/aromatic N) is 2. The summed E-state index contributed by atoms with van der Waals surface area (Å²) in [7, 11) is 0. The highest BCUT2D eigenvalue weighted by atomic mass is 32.1. The lowest BCUT2D eigenvalue weighted by molar-refractivity contribution is -0.115. The van der Waals surface area contributed by atoms with E-state index in [9.17, 15) is 14.0 Å². The van der Waals surface area contributed by atoms with Crippen molar-refractivity contribution in [1.82, 2.24) is 9.97 Å². The summed E-state index contributed by atoms with van der Waals surface area (Å²) < 4.78 is 19.3. The molecule has 4 rings (SSSR count). The number of hydrogen-bond acceptors (Lipinski definition) is 7. The number of hydrogen-bond donors (Lipinski definition) is 3. The van der Waals surface area contributed by atoms with Gasteiger partial charge >= 0.3 is 6.03 Å². The molecule has 2 aromatic carbocycles. The van der Waals surface area contributed by atoms with Gasteiger partial charge in [-0.2, -0.15) is 0 Å².